The number of aryl methyl sites for hydroxylation is 1. The predicted molar refractivity (Wildman–Crippen MR) is 133 cm³/mol. The molecular weight excluding hydrogens is 446 g/mol. The van der Waals surface area contributed by atoms with E-state index < -0.39 is 4.92 Å². The molecule has 5 aromatic rings. The summed E-state index contributed by atoms with van der Waals surface area (Å²) in [6.45, 7) is 1.99. The van der Waals surface area contributed by atoms with Crippen molar-refractivity contribution in [2.24, 2.45) is 0 Å². The lowest BCUT2D eigenvalue weighted by Gasteiger charge is -2.02. The Balaban J connectivity index is 1.25. The van der Waals surface area contributed by atoms with Crippen LogP contribution in [0.3, 0.4) is 0 Å². The standard InChI is InChI=1S/C27H19N3O5/c1-17-6-13-22-25(16-17)35-27(29-22)18-7-9-19(10-8-18)28-26(31)15-12-20-11-14-24(34-20)21-4-2-3-5-23(21)30(32)33/h2-16H,1H3,(H,28,31)/b15-12+. The molecular formula is C27H19N3O5. The van der Waals surface area contributed by atoms with E-state index in [0.717, 1.165) is 22.2 Å². The first-order valence-corrected chi connectivity index (χ1v) is 10.8. The van der Waals surface area contributed by atoms with Gasteiger partial charge in [-0.05, 0) is 73.2 Å². The van der Waals surface area contributed by atoms with Gasteiger partial charge in [-0.3, -0.25) is 14.9 Å². The van der Waals surface area contributed by atoms with Crippen molar-refractivity contribution in [3.8, 4) is 22.8 Å². The van der Waals surface area contributed by atoms with Gasteiger partial charge in [-0.1, -0.05) is 18.2 Å². The predicted octanol–water partition coefficient (Wildman–Crippen LogP) is 6.62. The second-order valence-corrected chi connectivity index (χ2v) is 7.87. The normalized spacial score (nSPS) is 11.2. The number of nitrogens with one attached hydrogen (secondary N) is 1. The summed E-state index contributed by atoms with van der Waals surface area (Å²) in [6.07, 6.45) is 2.83. The van der Waals surface area contributed by atoms with E-state index in [1.807, 2.05) is 37.3 Å². The Hall–Kier alpha value is -4.98. The van der Waals surface area contributed by atoms with Crippen LogP contribution < -0.4 is 5.32 Å². The summed E-state index contributed by atoms with van der Waals surface area (Å²) >= 11 is 0. The fraction of sp³-hybridized carbons (Fsp3) is 0.0370. The van der Waals surface area contributed by atoms with Crippen LogP contribution in [0.2, 0.25) is 0 Å². The van der Waals surface area contributed by atoms with Crippen molar-refractivity contribution in [2.75, 3.05) is 5.32 Å². The fourth-order valence-electron chi connectivity index (χ4n) is 3.62. The monoisotopic (exact) mass is 465 g/mol. The van der Waals surface area contributed by atoms with Crippen molar-refractivity contribution in [1.82, 2.24) is 4.98 Å². The Labute approximate surface area is 199 Å². The Kier molecular flexibility index (Phi) is 5.68. The zero-order chi connectivity index (χ0) is 24.4. The average molecular weight is 465 g/mol. The molecule has 0 aliphatic heterocycles. The smallest absolute Gasteiger partial charge is 0.280 e. The van der Waals surface area contributed by atoms with Gasteiger partial charge in [0.2, 0.25) is 11.8 Å². The van der Waals surface area contributed by atoms with Gasteiger partial charge < -0.3 is 14.2 Å². The highest BCUT2D eigenvalue weighted by molar-refractivity contribution is 6.01. The molecule has 5 rings (SSSR count). The molecule has 2 aromatic heterocycles. The van der Waals surface area contributed by atoms with E-state index in [2.05, 4.69) is 10.3 Å². The number of anilines is 1. The van der Waals surface area contributed by atoms with Gasteiger partial charge in [0.05, 0.1) is 10.5 Å². The minimum atomic E-state index is -0.461. The van der Waals surface area contributed by atoms with E-state index in [1.54, 1.807) is 42.5 Å². The third-order valence-electron chi connectivity index (χ3n) is 5.34. The lowest BCUT2D eigenvalue weighted by Crippen LogP contribution is -2.07. The summed E-state index contributed by atoms with van der Waals surface area (Å²) in [5, 5.41) is 14.0. The number of benzene rings is 3. The SMILES string of the molecule is Cc1ccc2nc(-c3ccc(NC(=O)/C=C/c4ccc(-c5ccccc5[N+](=O)[O-])o4)cc3)oc2c1. The second kappa shape index (κ2) is 9.11. The number of rotatable bonds is 6. The molecule has 0 fully saturated rings. The van der Waals surface area contributed by atoms with Crippen molar-refractivity contribution < 1.29 is 18.6 Å². The second-order valence-electron chi connectivity index (χ2n) is 7.87. The van der Waals surface area contributed by atoms with Crippen LogP contribution >= 0.6 is 0 Å². The Morgan fingerprint density at radius 2 is 1.80 bits per heavy atom. The number of nitro groups is 1. The van der Waals surface area contributed by atoms with Gasteiger partial charge in [-0.2, -0.15) is 0 Å². The van der Waals surface area contributed by atoms with Crippen LogP contribution in [-0.2, 0) is 4.79 Å². The van der Waals surface area contributed by atoms with E-state index in [4.69, 9.17) is 8.83 Å². The summed E-state index contributed by atoms with van der Waals surface area (Å²) in [5.74, 6) is 0.909. The third kappa shape index (κ3) is 4.72. The molecule has 0 bridgehead atoms. The van der Waals surface area contributed by atoms with Crippen molar-refractivity contribution in [3.05, 3.63) is 106 Å². The first-order chi connectivity index (χ1) is 17.0. The van der Waals surface area contributed by atoms with Crippen LogP contribution in [0.1, 0.15) is 11.3 Å². The first kappa shape index (κ1) is 21.8. The van der Waals surface area contributed by atoms with E-state index in [9.17, 15) is 14.9 Å². The summed E-state index contributed by atoms with van der Waals surface area (Å²) in [6, 6.07) is 22.6. The highest BCUT2D eigenvalue weighted by Gasteiger charge is 2.16. The lowest BCUT2D eigenvalue weighted by atomic mass is 10.1. The number of carbonyl (C=O) groups excluding carboxylic acids is 1. The van der Waals surface area contributed by atoms with Gasteiger partial charge in [0.25, 0.3) is 5.69 Å². The number of fused-ring (bicyclic) bond motifs is 1. The number of oxazole rings is 1. The number of carbonyl (C=O) groups is 1. The van der Waals surface area contributed by atoms with E-state index >= 15 is 0 Å². The maximum absolute atomic E-state index is 12.4. The van der Waals surface area contributed by atoms with Crippen molar-refractivity contribution in [3.63, 3.8) is 0 Å². The van der Waals surface area contributed by atoms with Crippen LogP contribution in [0.25, 0.3) is 40.0 Å². The first-order valence-electron chi connectivity index (χ1n) is 10.8. The molecule has 1 amide bonds. The molecule has 8 heteroatoms. The van der Waals surface area contributed by atoms with Crippen molar-refractivity contribution in [1.29, 1.82) is 0 Å². The Bertz CT molecular complexity index is 1580. The molecule has 0 saturated heterocycles. The summed E-state index contributed by atoms with van der Waals surface area (Å²) in [5.41, 5.74) is 4.34. The van der Waals surface area contributed by atoms with Crippen LogP contribution in [0, 0.1) is 17.0 Å². The molecule has 0 unspecified atom stereocenters. The van der Waals surface area contributed by atoms with Gasteiger partial charge in [-0.15, -0.1) is 0 Å². The molecule has 3 aromatic carbocycles. The molecule has 0 atom stereocenters. The average Bonchev–Trinajstić information content (AvgIpc) is 3.50. The zero-order valence-corrected chi connectivity index (χ0v) is 18.6. The number of nitrogens with zero attached hydrogens (tertiary/aromatic N) is 2. The largest absolute Gasteiger partial charge is 0.456 e. The molecule has 172 valence electrons. The van der Waals surface area contributed by atoms with Crippen molar-refractivity contribution >= 4 is 34.5 Å². The zero-order valence-electron chi connectivity index (χ0n) is 18.6. The maximum atomic E-state index is 12.4. The molecule has 0 aliphatic carbocycles. The number of hydrogen-bond donors (Lipinski definition) is 1. The lowest BCUT2D eigenvalue weighted by molar-refractivity contribution is -0.384. The molecule has 2 heterocycles. The number of hydrogen-bond acceptors (Lipinski definition) is 6. The highest BCUT2D eigenvalue weighted by atomic mass is 16.6. The van der Waals surface area contributed by atoms with Gasteiger partial charge in [0.15, 0.2) is 5.58 Å². The fourth-order valence-corrected chi connectivity index (χ4v) is 3.62. The summed E-state index contributed by atoms with van der Waals surface area (Å²) in [7, 11) is 0. The molecule has 0 aliphatic rings. The summed E-state index contributed by atoms with van der Waals surface area (Å²) < 4.78 is 11.5. The summed E-state index contributed by atoms with van der Waals surface area (Å²) in [4.78, 5) is 27.6. The van der Waals surface area contributed by atoms with Crippen LogP contribution in [0.4, 0.5) is 11.4 Å². The molecule has 0 saturated carbocycles. The van der Waals surface area contributed by atoms with E-state index in [-0.39, 0.29) is 11.6 Å². The maximum Gasteiger partial charge on any atom is 0.280 e. The third-order valence-corrected chi connectivity index (χ3v) is 5.34. The highest BCUT2D eigenvalue weighted by Crippen LogP contribution is 2.31. The number of para-hydroxylation sites is 1. The van der Waals surface area contributed by atoms with Gasteiger partial charge >= 0.3 is 0 Å². The number of furan rings is 1. The van der Waals surface area contributed by atoms with Gasteiger partial charge in [0, 0.05) is 23.4 Å². The van der Waals surface area contributed by atoms with Gasteiger partial charge in [0.1, 0.15) is 17.0 Å². The number of nitro benzene ring substituents is 1. The molecule has 0 spiro atoms. The van der Waals surface area contributed by atoms with E-state index in [0.29, 0.717) is 28.7 Å². The van der Waals surface area contributed by atoms with Crippen LogP contribution in [0.5, 0.6) is 0 Å². The number of aromatic nitrogens is 1. The minimum absolute atomic E-state index is 0.0495. The molecule has 35 heavy (non-hydrogen) atoms. The number of amides is 1. The molecule has 1 N–H and O–H groups in total. The van der Waals surface area contributed by atoms with Crippen LogP contribution in [-0.4, -0.2) is 15.8 Å². The quantitative estimate of drug-likeness (QED) is 0.171. The molecule has 8 nitrogen and oxygen atoms in total. The van der Waals surface area contributed by atoms with E-state index in [1.165, 1.54) is 18.2 Å². The minimum Gasteiger partial charge on any atom is -0.456 e. The molecule has 0 radical (unpaired) electrons. The van der Waals surface area contributed by atoms with Crippen LogP contribution in [0.15, 0.2) is 93.8 Å². The van der Waals surface area contributed by atoms with Gasteiger partial charge in [-0.25, -0.2) is 4.98 Å². The Morgan fingerprint density at radius 3 is 2.60 bits per heavy atom. The topological polar surface area (TPSA) is 111 Å². The Morgan fingerprint density at radius 1 is 1.00 bits per heavy atom. The van der Waals surface area contributed by atoms with Crippen molar-refractivity contribution in [2.45, 2.75) is 6.92 Å².